The maximum atomic E-state index is 12.8. The van der Waals surface area contributed by atoms with E-state index in [1.807, 2.05) is 42.6 Å². The van der Waals surface area contributed by atoms with Crippen molar-refractivity contribution in [2.75, 3.05) is 18.4 Å². The summed E-state index contributed by atoms with van der Waals surface area (Å²) < 4.78 is 1.64. The minimum Gasteiger partial charge on any atom is -0.329 e. The first-order valence-electron chi connectivity index (χ1n) is 9.68. The van der Waals surface area contributed by atoms with Crippen molar-refractivity contribution in [1.29, 1.82) is 0 Å². The SMILES string of the molecule is CCN(CC(=O)Nc1cc(C(C)(C)C)nn1-c1ccccc1Cl)C(=O)c1cccs1. The summed E-state index contributed by atoms with van der Waals surface area (Å²) >= 11 is 7.73. The van der Waals surface area contributed by atoms with Crippen molar-refractivity contribution in [3.8, 4) is 5.69 Å². The van der Waals surface area contributed by atoms with E-state index in [9.17, 15) is 9.59 Å². The fourth-order valence-electron chi connectivity index (χ4n) is 2.88. The number of likely N-dealkylation sites (N-methyl/N-ethyl adjacent to an activating group) is 1. The van der Waals surface area contributed by atoms with Gasteiger partial charge in [0, 0.05) is 18.0 Å². The van der Waals surface area contributed by atoms with Gasteiger partial charge in [-0.25, -0.2) is 4.68 Å². The molecule has 1 N–H and O–H groups in total. The van der Waals surface area contributed by atoms with Gasteiger partial charge in [-0.2, -0.15) is 5.10 Å². The minimum absolute atomic E-state index is 0.0498. The number of nitrogens with one attached hydrogen (secondary N) is 1. The summed E-state index contributed by atoms with van der Waals surface area (Å²) in [5, 5.41) is 9.96. The largest absolute Gasteiger partial charge is 0.329 e. The first-order valence-corrected chi connectivity index (χ1v) is 10.9. The number of hydrogen-bond donors (Lipinski definition) is 1. The topological polar surface area (TPSA) is 67.2 Å². The molecule has 0 radical (unpaired) electrons. The fraction of sp³-hybridized carbons (Fsp3) is 0.318. The Morgan fingerprint density at radius 2 is 1.93 bits per heavy atom. The van der Waals surface area contributed by atoms with Crippen molar-refractivity contribution >= 4 is 40.6 Å². The maximum absolute atomic E-state index is 12.8. The van der Waals surface area contributed by atoms with Crippen LogP contribution in [-0.2, 0) is 10.2 Å². The van der Waals surface area contributed by atoms with Gasteiger partial charge >= 0.3 is 0 Å². The van der Waals surface area contributed by atoms with Crippen molar-refractivity contribution in [2.45, 2.75) is 33.1 Å². The second-order valence-corrected chi connectivity index (χ2v) is 9.23. The fourth-order valence-corrected chi connectivity index (χ4v) is 3.79. The highest BCUT2D eigenvalue weighted by Crippen LogP contribution is 2.29. The average molecular weight is 445 g/mol. The Morgan fingerprint density at radius 1 is 1.20 bits per heavy atom. The molecule has 2 aromatic heterocycles. The predicted molar refractivity (Wildman–Crippen MR) is 122 cm³/mol. The molecule has 0 unspecified atom stereocenters. The number of amides is 2. The van der Waals surface area contributed by atoms with Crippen molar-refractivity contribution in [2.24, 2.45) is 0 Å². The number of thiophene rings is 1. The molecular formula is C22H25ClN4O2S. The predicted octanol–water partition coefficient (Wildman–Crippen LogP) is 4.99. The third kappa shape index (κ3) is 4.91. The van der Waals surface area contributed by atoms with Crippen molar-refractivity contribution in [1.82, 2.24) is 14.7 Å². The summed E-state index contributed by atoms with van der Waals surface area (Å²) in [6, 6.07) is 12.8. The number of anilines is 1. The lowest BCUT2D eigenvalue weighted by atomic mass is 9.92. The Morgan fingerprint density at radius 3 is 2.53 bits per heavy atom. The summed E-state index contributed by atoms with van der Waals surface area (Å²) in [6.45, 7) is 8.39. The van der Waals surface area contributed by atoms with Gasteiger partial charge in [0.05, 0.1) is 21.3 Å². The van der Waals surface area contributed by atoms with E-state index in [-0.39, 0.29) is 23.8 Å². The zero-order valence-corrected chi connectivity index (χ0v) is 19.0. The number of rotatable bonds is 6. The number of halogens is 1. The second kappa shape index (κ2) is 9.02. The van der Waals surface area contributed by atoms with Crippen LogP contribution in [0.15, 0.2) is 47.8 Å². The van der Waals surface area contributed by atoms with E-state index >= 15 is 0 Å². The summed E-state index contributed by atoms with van der Waals surface area (Å²) in [5.41, 5.74) is 1.28. The quantitative estimate of drug-likeness (QED) is 0.582. The van der Waals surface area contributed by atoms with E-state index in [0.29, 0.717) is 27.9 Å². The van der Waals surface area contributed by atoms with Gasteiger partial charge in [-0.15, -0.1) is 11.3 Å². The van der Waals surface area contributed by atoms with Crippen LogP contribution in [0.3, 0.4) is 0 Å². The molecule has 0 saturated carbocycles. The summed E-state index contributed by atoms with van der Waals surface area (Å²) in [6.07, 6.45) is 0. The van der Waals surface area contributed by atoms with Crippen LogP contribution in [0.25, 0.3) is 5.69 Å². The number of nitrogens with zero attached hydrogens (tertiary/aromatic N) is 3. The van der Waals surface area contributed by atoms with Crippen LogP contribution in [0, 0.1) is 0 Å². The number of hydrogen-bond acceptors (Lipinski definition) is 4. The summed E-state index contributed by atoms with van der Waals surface area (Å²) in [4.78, 5) is 27.6. The summed E-state index contributed by atoms with van der Waals surface area (Å²) in [7, 11) is 0. The molecule has 3 aromatic rings. The highest BCUT2D eigenvalue weighted by atomic mass is 35.5. The number of carbonyl (C=O) groups excluding carboxylic acids is 2. The highest BCUT2D eigenvalue weighted by Gasteiger charge is 2.23. The van der Waals surface area contributed by atoms with E-state index in [1.165, 1.54) is 16.2 Å². The van der Waals surface area contributed by atoms with Crippen LogP contribution in [0.1, 0.15) is 43.1 Å². The first-order chi connectivity index (χ1) is 14.2. The minimum atomic E-state index is -0.296. The van der Waals surface area contributed by atoms with E-state index in [4.69, 9.17) is 11.6 Å². The lowest BCUT2D eigenvalue weighted by Gasteiger charge is -2.19. The molecule has 0 bridgehead atoms. The molecule has 2 heterocycles. The van der Waals surface area contributed by atoms with Gasteiger partial charge in [-0.3, -0.25) is 9.59 Å². The van der Waals surface area contributed by atoms with Crippen LogP contribution < -0.4 is 5.32 Å². The summed E-state index contributed by atoms with van der Waals surface area (Å²) in [5.74, 6) is 0.0608. The van der Waals surface area contributed by atoms with Crippen LogP contribution in [-0.4, -0.2) is 39.6 Å². The van der Waals surface area contributed by atoms with E-state index in [2.05, 4.69) is 31.2 Å². The molecule has 3 rings (SSSR count). The van der Waals surface area contributed by atoms with Crippen LogP contribution in [0.4, 0.5) is 5.82 Å². The molecule has 0 atom stereocenters. The lowest BCUT2D eigenvalue weighted by molar-refractivity contribution is -0.116. The van der Waals surface area contributed by atoms with Crippen molar-refractivity contribution in [3.63, 3.8) is 0 Å². The Labute approximate surface area is 185 Å². The van der Waals surface area contributed by atoms with Gasteiger partial charge < -0.3 is 10.2 Å². The third-order valence-electron chi connectivity index (χ3n) is 4.56. The van der Waals surface area contributed by atoms with E-state index < -0.39 is 0 Å². The maximum Gasteiger partial charge on any atom is 0.264 e. The smallest absolute Gasteiger partial charge is 0.264 e. The number of carbonyl (C=O) groups is 2. The number of aromatic nitrogens is 2. The molecule has 0 spiro atoms. The Hall–Kier alpha value is -2.64. The Kier molecular flexibility index (Phi) is 6.63. The molecule has 0 saturated heterocycles. The zero-order chi connectivity index (χ0) is 21.9. The van der Waals surface area contributed by atoms with Gasteiger partial charge in [0.25, 0.3) is 5.91 Å². The molecule has 1 aromatic carbocycles. The van der Waals surface area contributed by atoms with Gasteiger partial charge in [0.2, 0.25) is 5.91 Å². The molecule has 2 amide bonds. The standard InChI is InChI=1S/C22H25ClN4O2S/c1-5-26(21(29)17-11-8-12-30-17)14-20(28)24-19-13-18(22(2,3)4)25-27(19)16-10-7-6-9-15(16)23/h6-13H,5,14H2,1-4H3,(H,24,28). The molecule has 0 aliphatic carbocycles. The third-order valence-corrected chi connectivity index (χ3v) is 5.74. The van der Waals surface area contributed by atoms with Crippen LogP contribution in [0.5, 0.6) is 0 Å². The normalized spacial score (nSPS) is 11.4. The average Bonchev–Trinajstić information content (AvgIpc) is 3.36. The van der Waals surface area contributed by atoms with Crippen LogP contribution >= 0.6 is 22.9 Å². The molecule has 8 heteroatoms. The van der Waals surface area contributed by atoms with Gasteiger partial charge in [0.1, 0.15) is 12.4 Å². The Balaban J connectivity index is 1.86. The Bertz CT molecular complexity index is 1040. The number of para-hydroxylation sites is 1. The zero-order valence-electron chi connectivity index (χ0n) is 17.5. The molecule has 6 nitrogen and oxygen atoms in total. The van der Waals surface area contributed by atoms with Crippen molar-refractivity contribution in [3.05, 3.63) is 63.4 Å². The highest BCUT2D eigenvalue weighted by molar-refractivity contribution is 7.12. The van der Waals surface area contributed by atoms with E-state index in [0.717, 1.165) is 5.69 Å². The van der Waals surface area contributed by atoms with Gasteiger partial charge in [-0.1, -0.05) is 50.6 Å². The van der Waals surface area contributed by atoms with E-state index in [1.54, 1.807) is 16.8 Å². The molecule has 0 aliphatic rings. The van der Waals surface area contributed by atoms with Gasteiger partial charge in [-0.05, 0) is 30.5 Å². The molecule has 0 aliphatic heterocycles. The monoisotopic (exact) mass is 444 g/mol. The van der Waals surface area contributed by atoms with Crippen molar-refractivity contribution < 1.29 is 9.59 Å². The second-order valence-electron chi connectivity index (χ2n) is 7.87. The lowest BCUT2D eigenvalue weighted by Crippen LogP contribution is -2.37. The van der Waals surface area contributed by atoms with Crippen LogP contribution in [0.2, 0.25) is 5.02 Å². The molecular weight excluding hydrogens is 420 g/mol. The molecule has 0 fully saturated rings. The molecule has 30 heavy (non-hydrogen) atoms. The van der Waals surface area contributed by atoms with Gasteiger partial charge in [0.15, 0.2) is 0 Å². The first kappa shape index (κ1) is 22.1. The molecule has 158 valence electrons. The number of benzene rings is 1.